The zero-order chi connectivity index (χ0) is 18.3. The molecule has 0 aromatic heterocycles. The van der Waals surface area contributed by atoms with Gasteiger partial charge in [-0.1, -0.05) is 0 Å². The first-order valence-corrected chi connectivity index (χ1v) is 6.61. The highest BCUT2D eigenvalue weighted by atomic mass is 19.4. The molecule has 0 saturated carbocycles. The van der Waals surface area contributed by atoms with E-state index >= 15 is 0 Å². The Morgan fingerprint density at radius 1 is 1.33 bits per heavy atom. The molecule has 0 heterocycles. The zero-order valence-corrected chi connectivity index (χ0v) is 12.5. The number of benzene rings is 1. The molecule has 0 spiro atoms. The SMILES string of the molecule is CNC(=O)COC(=O)CCNc1ccc(C(F)(F)F)cc1[N+](=O)[O-]. The number of hydrogen-bond donors (Lipinski definition) is 2. The molecule has 0 radical (unpaired) electrons. The number of likely N-dealkylation sites (N-methyl/N-ethyl adjacent to an activating group) is 1. The average molecular weight is 349 g/mol. The Hall–Kier alpha value is -2.85. The molecule has 0 aliphatic carbocycles. The Kier molecular flexibility index (Phi) is 6.50. The Balaban J connectivity index is 2.66. The second-order valence-electron chi connectivity index (χ2n) is 4.50. The molecule has 0 aliphatic heterocycles. The summed E-state index contributed by atoms with van der Waals surface area (Å²) in [5.74, 6) is -1.24. The summed E-state index contributed by atoms with van der Waals surface area (Å²) in [5, 5.41) is 15.6. The van der Waals surface area contributed by atoms with Crippen molar-refractivity contribution in [3.63, 3.8) is 0 Å². The fraction of sp³-hybridized carbons (Fsp3) is 0.385. The second-order valence-corrected chi connectivity index (χ2v) is 4.50. The summed E-state index contributed by atoms with van der Waals surface area (Å²) in [6.07, 6.45) is -4.93. The number of nitro benzene ring substituents is 1. The smallest absolute Gasteiger partial charge is 0.416 e. The number of carbonyl (C=O) groups is 2. The molecule has 0 bridgehead atoms. The van der Waals surface area contributed by atoms with E-state index in [1.165, 1.54) is 7.05 Å². The Bertz CT molecular complexity index is 634. The van der Waals surface area contributed by atoms with Gasteiger partial charge in [-0.15, -0.1) is 0 Å². The lowest BCUT2D eigenvalue weighted by Gasteiger charge is -2.10. The summed E-state index contributed by atoms with van der Waals surface area (Å²) in [6.45, 7) is -0.575. The highest BCUT2D eigenvalue weighted by Crippen LogP contribution is 2.34. The second kappa shape index (κ2) is 8.13. The molecular formula is C13H14F3N3O5. The molecule has 1 aromatic carbocycles. The first-order chi connectivity index (χ1) is 11.1. The summed E-state index contributed by atoms with van der Waals surface area (Å²) >= 11 is 0. The maximum Gasteiger partial charge on any atom is 0.416 e. The third-order valence-electron chi connectivity index (χ3n) is 2.81. The molecule has 8 nitrogen and oxygen atoms in total. The molecule has 1 rings (SSSR count). The highest BCUT2D eigenvalue weighted by Gasteiger charge is 2.33. The Labute approximate surface area is 134 Å². The summed E-state index contributed by atoms with van der Waals surface area (Å²) in [7, 11) is 1.36. The number of anilines is 1. The topological polar surface area (TPSA) is 111 Å². The predicted molar refractivity (Wildman–Crippen MR) is 76.2 cm³/mol. The monoisotopic (exact) mass is 349 g/mol. The number of nitrogens with one attached hydrogen (secondary N) is 2. The van der Waals surface area contributed by atoms with Crippen molar-refractivity contribution in [2.45, 2.75) is 12.6 Å². The first kappa shape index (κ1) is 19.2. The van der Waals surface area contributed by atoms with Gasteiger partial charge in [0.25, 0.3) is 11.6 Å². The zero-order valence-electron chi connectivity index (χ0n) is 12.5. The van der Waals surface area contributed by atoms with Gasteiger partial charge < -0.3 is 15.4 Å². The largest absolute Gasteiger partial charge is 0.456 e. The number of nitro groups is 1. The Morgan fingerprint density at radius 2 is 2.00 bits per heavy atom. The minimum atomic E-state index is -4.70. The van der Waals surface area contributed by atoms with Crippen LogP contribution >= 0.6 is 0 Å². The van der Waals surface area contributed by atoms with E-state index in [0.717, 1.165) is 6.07 Å². The van der Waals surface area contributed by atoms with Crippen LogP contribution in [0.25, 0.3) is 0 Å². The predicted octanol–water partition coefficient (Wildman–Crippen LogP) is 1.70. The maximum atomic E-state index is 12.6. The van der Waals surface area contributed by atoms with E-state index in [9.17, 15) is 32.9 Å². The molecule has 132 valence electrons. The van der Waals surface area contributed by atoms with Crippen molar-refractivity contribution in [2.75, 3.05) is 25.5 Å². The van der Waals surface area contributed by atoms with Gasteiger partial charge in [-0.2, -0.15) is 13.2 Å². The van der Waals surface area contributed by atoms with E-state index in [0.29, 0.717) is 12.1 Å². The number of halogens is 3. The van der Waals surface area contributed by atoms with E-state index < -0.39 is 40.8 Å². The summed E-state index contributed by atoms with van der Waals surface area (Å²) in [6, 6.07) is 2.02. The van der Waals surface area contributed by atoms with Crippen molar-refractivity contribution in [2.24, 2.45) is 0 Å². The van der Waals surface area contributed by atoms with Crippen LogP contribution in [0.5, 0.6) is 0 Å². The normalized spacial score (nSPS) is 10.8. The van der Waals surface area contributed by atoms with Crippen LogP contribution in [0, 0.1) is 10.1 Å². The van der Waals surface area contributed by atoms with Gasteiger partial charge in [-0.3, -0.25) is 19.7 Å². The molecule has 1 aromatic rings. The standard InChI is InChI=1S/C13H14F3N3O5/c1-17-11(20)7-24-12(21)4-5-18-9-3-2-8(13(14,15)16)6-10(9)19(22)23/h2-3,6,18H,4-5,7H2,1H3,(H,17,20). The highest BCUT2D eigenvalue weighted by molar-refractivity contribution is 5.80. The van der Waals surface area contributed by atoms with Gasteiger partial charge in [-0.25, -0.2) is 0 Å². The van der Waals surface area contributed by atoms with Gasteiger partial charge in [0, 0.05) is 19.7 Å². The van der Waals surface area contributed by atoms with Crippen molar-refractivity contribution >= 4 is 23.3 Å². The molecule has 0 aliphatic rings. The lowest BCUT2D eigenvalue weighted by Crippen LogP contribution is -2.25. The molecule has 0 fully saturated rings. The molecule has 0 atom stereocenters. The molecule has 24 heavy (non-hydrogen) atoms. The van der Waals surface area contributed by atoms with Crippen molar-refractivity contribution in [1.29, 1.82) is 0 Å². The van der Waals surface area contributed by atoms with Crippen molar-refractivity contribution < 1.29 is 32.4 Å². The minimum absolute atomic E-state index is 0.112. The third kappa shape index (κ3) is 5.74. The fourth-order valence-electron chi connectivity index (χ4n) is 1.60. The number of ether oxygens (including phenoxy) is 1. The van der Waals surface area contributed by atoms with Crippen LogP contribution in [0.3, 0.4) is 0 Å². The third-order valence-corrected chi connectivity index (χ3v) is 2.81. The molecule has 0 unspecified atom stereocenters. The number of carbonyl (C=O) groups excluding carboxylic acids is 2. The van der Waals surface area contributed by atoms with Crippen LogP contribution in [0.4, 0.5) is 24.5 Å². The van der Waals surface area contributed by atoms with Gasteiger partial charge in [0.1, 0.15) is 5.69 Å². The number of rotatable bonds is 7. The number of nitrogens with zero attached hydrogens (tertiary/aromatic N) is 1. The van der Waals surface area contributed by atoms with E-state index in [-0.39, 0.29) is 18.7 Å². The molecule has 1 amide bonds. The quantitative estimate of drug-likeness (QED) is 0.440. The Morgan fingerprint density at radius 3 is 2.54 bits per heavy atom. The van der Waals surface area contributed by atoms with Gasteiger partial charge in [0.2, 0.25) is 0 Å². The van der Waals surface area contributed by atoms with Gasteiger partial charge >= 0.3 is 12.1 Å². The maximum absolute atomic E-state index is 12.6. The van der Waals surface area contributed by atoms with Crippen molar-refractivity contribution in [1.82, 2.24) is 5.32 Å². The summed E-state index contributed by atoms with van der Waals surface area (Å²) in [5.41, 5.74) is -2.07. The molecule has 11 heteroatoms. The number of hydrogen-bond acceptors (Lipinski definition) is 6. The van der Waals surface area contributed by atoms with Crippen LogP contribution in [0.1, 0.15) is 12.0 Å². The van der Waals surface area contributed by atoms with Crippen LogP contribution in [-0.4, -0.2) is 37.0 Å². The van der Waals surface area contributed by atoms with E-state index in [2.05, 4.69) is 15.4 Å². The fourth-order valence-corrected chi connectivity index (χ4v) is 1.60. The van der Waals surface area contributed by atoms with Crippen LogP contribution in [-0.2, 0) is 20.5 Å². The number of esters is 1. The lowest BCUT2D eigenvalue weighted by molar-refractivity contribution is -0.384. The van der Waals surface area contributed by atoms with Crippen LogP contribution in [0.2, 0.25) is 0 Å². The number of amides is 1. The van der Waals surface area contributed by atoms with Gasteiger partial charge in [0.05, 0.1) is 16.9 Å². The van der Waals surface area contributed by atoms with E-state index in [1.807, 2.05) is 0 Å². The first-order valence-electron chi connectivity index (χ1n) is 6.61. The van der Waals surface area contributed by atoms with Crippen LogP contribution < -0.4 is 10.6 Å². The van der Waals surface area contributed by atoms with Crippen molar-refractivity contribution in [3.8, 4) is 0 Å². The van der Waals surface area contributed by atoms with E-state index in [4.69, 9.17) is 0 Å². The van der Waals surface area contributed by atoms with Crippen molar-refractivity contribution in [3.05, 3.63) is 33.9 Å². The minimum Gasteiger partial charge on any atom is -0.456 e. The summed E-state index contributed by atoms with van der Waals surface area (Å²) in [4.78, 5) is 32.1. The average Bonchev–Trinajstić information content (AvgIpc) is 2.51. The van der Waals surface area contributed by atoms with Gasteiger partial charge in [-0.05, 0) is 12.1 Å². The van der Waals surface area contributed by atoms with Gasteiger partial charge in [0.15, 0.2) is 6.61 Å². The lowest BCUT2D eigenvalue weighted by atomic mass is 10.1. The van der Waals surface area contributed by atoms with E-state index in [1.54, 1.807) is 0 Å². The summed E-state index contributed by atoms with van der Waals surface area (Å²) < 4.78 is 42.3. The molecule has 0 saturated heterocycles. The number of alkyl halides is 3. The van der Waals surface area contributed by atoms with Crippen LogP contribution in [0.15, 0.2) is 18.2 Å². The molecular weight excluding hydrogens is 335 g/mol. The molecule has 2 N–H and O–H groups in total.